The largest absolute Gasteiger partial charge is 0.357 e. The Kier molecular flexibility index (Phi) is 3.30. The molecule has 1 unspecified atom stereocenters. The van der Waals surface area contributed by atoms with E-state index in [9.17, 15) is 9.59 Å². The van der Waals surface area contributed by atoms with Crippen LogP contribution in [-0.2, 0) is 9.59 Å². The molecule has 106 valence electrons. The van der Waals surface area contributed by atoms with Crippen LogP contribution in [0.3, 0.4) is 0 Å². The number of amides is 1. The van der Waals surface area contributed by atoms with Gasteiger partial charge in [0.2, 0.25) is 5.91 Å². The average molecular weight is 274 g/mol. The standard InChI is InChI=1S/C14H18N4O2/c1-10(20)17-7-4-11(5-8-17)14-15-12(9-19)13-3-2-6-18(13)16-14/h2-3,6,9,11-12H,4-5,7-8H2,1H3,(H,15,16). The minimum absolute atomic E-state index is 0.125. The Bertz CT molecular complexity index is 555. The summed E-state index contributed by atoms with van der Waals surface area (Å²) >= 11 is 0. The summed E-state index contributed by atoms with van der Waals surface area (Å²) in [5.41, 5.74) is 0.866. The van der Waals surface area contributed by atoms with E-state index in [0.29, 0.717) is 0 Å². The molecule has 0 spiro atoms. The van der Waals surface area contributed by atoms with Gasteiger partial charge in [0.05, 0.1) is 5.69 Å². The SMILES string of the molecule is CC(=O)N1CCC(C2=Nn3cccc3C(C=O)N2)CC1. The van der Waals surface area contributed by atoms with Gasteiger partial charge in [-0.15, -0.1) is 0 Å². The zero-order valence-electron chi connectivity index (χ0n) is 11.5. The van der Waals surface area contributed by atoms with Gasteiger partial charge in [0.15, 0.2) is 0 Å². The third-order valence-corrected chi connectivity index (χ3v) is 4.06. The molecule has 1 aromatic rings. The minimum Gasteiger partial charge on any atom is -0.357 e. The van der Waals surface area contributed by atoms with E-state index in [-0.39, 0.29) is 17.9 Å². The highest BCUT2D eigenvalue weighted by Gasteiger charge is 2.29. The highest BCUT2D eigenvalue weighted by Crippen LogP contribution is 2.23. The number of amidine groups is 1. The number of nitrogens with one attached hydrogen (secondary N) is 1. The van der Waals surface area contributed by atoms with Gasteiger partial charge in [-0.2, -0.15) is 5.10 Å². The van der Waals surface area contributed by atoms with E-state index in [0.717, 1.165) is 43.7 Å². The maximum Gasteiger partial charge on any atom is 0.219 e. The first kappa shape index (κ1) is 12.9. The van der Waals surface area contributed by atoms with Gasteiger partial charge in [-0.3, -0.25) is 4.79 Å². The van der Waals surface area contributed by atoms with E-state index >= 15 is 0 Å². The van der Waals surface area contributed by atoms with Crippen LogP contribution in [0.4, 0.5) is 0 Å². The van der Waals surface area contributed by atoms with Crippen LogP contribution in [0.15, 0.2) is 23.4 Å². The molecule has 0 aliphatic carbocycles. The number of hydrogen-bond acceptors (Lipinski definition) is 4. The second-order valence-corrected chi connectivity index (χ2v) is 5.30. The van der Waals surface area contributed by atoms with Gasteiger partial charge < -0.3 is 15.0 Å². The lowest BCUT2D eigenvalue weighted by Crippen LogP contribution is -2.45. The molecule has 0 radical (unpaired) electrons. The molecule has 0 saturated carbocycles. The molecule has 1 aromatic heterocycles. The minimum atomic E-state index is -0.330. The number of hydrogen-bond donors (Lipinski definition) is 1. The van der Waals surface area contributed by atoms with Crippen molar-refractivity contribution in [1.29, 1.82) is 0 Å². The molecular weight excluding hydrogens is 256 g/mol. The van der Waals surface area contributed by atoms with Crippen LogP contribution in [0.2, 0.25) is 0 Å². The molecule has 2 aliphatic rings. The van der Waals surface area contributed by atoms with Gasteiger partial charge in [0.1, 0.15) is 18.2 Å². The molecule has 20 heavy (non-hydrogen) atoms. The first-order valence-electron chi connectivity index (χ1n) is 6.92. The zero-order valence-corrected chi connectivity index (χ0v) is 11.5. The van der Waals surface area contributed by atoms with E-state index in [1.165, 1.54) is 0 Å². The number of aldehydes is 1. The maximum absolute atomic E-state index is 11.3. The Balaban J connectivity index is 1.76. The van der Waals surface area contributed by atoms with Crippen molar-refractivity contribution >= 4 is 18.0 Å². The van der Waals surface area contributed by atoms with Crippen LogP contribution in [0.25, 0.3) is 0 Å². The Labute approximate surface area is 117 Å². The van der Waals surface area contributed by atoms with Gasteiger partial charge in [-0.1, -0.05) is 0 Å². The van der Waals surface area contributed by atoms with E-state index in [2.05, 4.69) is 10.4 Å². The molecule has 0 aromatic carbocycles. The first-order chi connectivity index (χ1) is 9.69. The molecule has 1 amide bonds. The van der Waals surface area contributed by atoms with Crippen LogP contribution in [0.5, 0.6) is 0 Å². The topological polar surface area (TPSA) is 66.7 Å². The number of fused-ring (bicyclic) bond motifs is 1. The Morgan fingerprint density at radius 2 is 2.20 bits per heavy atom. The Hall–Kier alpha value is -2.11. The van der Waals surface area contributed by atoms with E-state index < -0.39 is 0 Å². The highest BCUT2D eigenvalue weighted by atomic mass is 16.2. The molecule has 0 bridgehead atoms. The lowest BCUT2D eigenvalue weighted by Gasteiger charge is -2.34. The number of aromatic nitrogens is 1. The van der Waals surface area contributed by atoms with Gasteiger partial charge in [0.25, 0.3) is 0 Å². The number of carbonyl (C=O) groups excluding carboxylic acids is 2. The quantitative estimate of drug-likeness (QED) is 0.809. The monoisotopic (exact) mass is 274 g/mol. The Morgan fingerprint density at radius 1 is 1.45 bits per heavy atom. The molecule has 1 atom stereocenters. The smallest absolute Gasteiger partial charge is 0.219 e. The summed E-state index contributed by atoms with van der Waals surface area (Å²) in [5, 5.41) is 7.77. The second kappa shape index (κ2) is 5.11. The van der Waals surface area contributed by atoms with E-state index in [4.69, 9.17) is 0 Å². The number of likely N-dealkylation sites (tertiary alicyclic amines) is 1. The lowest BCUT2D eigenvalue weighted by atomic mass is 9.94. The summed E-state index contributed by atoms with van der Waals surface area (Å²) in [4.78, 5) is 24.4. The fraction of sp³-hybridized carbons (Fsp3) is 0.500. The highest BCUT2D eigenvalue weighted by molar-refractivity contribution is 5.88. The molecule has 2 aliphatic heterocycles. The van der Waals surface area contributed by atoms with E-state index in [1.54, 1.807) is 11.6 Å². The fourth-order valence-electron chi connectivity index (χ4n) is 2.87. The predicted octanol–water partition coefficient (Wildman–Crippen LogP) is 0.751. The molecule has 6 nitrogen and oxygen atoms in total. The summed E-state index contributed by atoms with van der Waals surface area (Å²) < 4.78 is 1.77. The number of rotatable bonds is 2. The molecule has 1 N–H and O–H groups in total. The van der Waals surface area contributed by atoms with Gasteiger partial charge in [-0.05, 0) is 25.0 Å². The van der Waals surface area contributed by atoms with Crippen LogP contribution in [-0.4, -0.2) is 40.7 Å². The fourth-order valence-corrected chi connectivity index (χ4v) is 2.87. The van der Waals surface area contributed by atoms with Gasteiger partial charge >= 0.3 is 0 Å². The molecular formula is C14H18N4O2. The van der Waals surface area contributed by atoms with Crippen molar-refractivity contribution < 1.29 is 9.59 Å². The number of carbonyl (C=O) groups is 2. The van der Waals surface area contributed by atoms with Crippen LogP contribution < -0.4 is 5.32 Å². The van der Waals surface area contributed by atoms with Crippen LogP contribution in [0, 0.1) is 5.92 Å². The second-order valence-electron chi connectivity index (χ2n) is 5.30. The van der Waals surface area contributed by atoms with Crippen molar-refractivity contribution in [2.45, 2.75) is 25.8 Å². The summed E-state index contributed by atoms with van der Waals surface area (Å²) in [5.74, 6) is 1.26. The van der Waals surface area contributed by atoms with Crippen molar-refractivity contribution in [3.8, 4) is 0 Å². The third-order valence-electron chi connectivity index (χ3n) is 4.06. The van der Waals surface area contributed by atoms with Crippen LogP contribution >= 0.6 is 0 Å². The molecule has 1 saturated heterocycles. The average Bonchev–Trinajstić information content (AvgIpc) is 2.94. The van der Waals surface area contributed by atoms with Crippen molar-refractivity contribution in [3.05, 3.63) is 24.0 Å². The van der Waals surface area contributed by atoms with Crippen molar-refractivity contribution in [3.63, 3.8) is 0 Å². The molecule has 1 fully saturated rings. The van der Waals surface area contributed by atoms with Gasteiger partial charge in [0, 0.05) is 32.1 Å². The molecule has 3 heterocycles. The Morgan fingerprint density at radius 3 is 2.85 bits per heavy atom. The van der Waals surface area contributed by atoms with Crippen LogP contribution in [0.1, 0.15) is 31.5 Å². The summed E-state index contributed by atoms with van der Waals surface area (Å²) in [6.07, 6.45) is 4.53. The summed E-state index contributed by atoms with van der Waals surface area (Å²) in [6, 6.07) is 3.45. The molecule has 6 heteroatoms. The normalized spacial score (nSPS) is 22.8. The maximum atomic E-state index is 11.3. The van der Waals surface area contributed by atoms with Crippen molar-refractivity contribution in [2.24, 2.45) is 11.0 Å². The number of piperidine rings is 1. The van der Waals surface area contributed by atoms with E-state index in [1.807, 2.05) is 23.2 Å². The van der Waals surface area contributed by atoms with Crippen molar-refractivity contribution in [2.75, 3.05) is 13.1 Å². The zero-order chi connectivity index (χ0) is 14.1. The summed E-state index contributed by atoms with van der Waals surface area (Å²) in [6.45, 7) is 3.11. The summed E-state index contributed by atoms with van der Waals surface area (Å²) in [7, 11) is 0. The van der Waals surface area contributed by atoms with Crippen molar-refractivity contribution in [1.82, 2.24) is 14.9 Å². The lowest BCUT2D eigenvalue weighted by molar-refractivity contribution is -0.129. The van der Waals surface area contributed by atoms with Gasteiger partial charge in [-0.25, -0.2) is 4.68 Å². The third kappa shape index (κ3) is 2.21. The molecule has 3 rings (SSSR count). The predicted molar refractivity (Wildman–Crippen MR) is 74.2 cm³/mol. The number of nitrogens with zero attached hydrogens (tertiary/aromatic N) is 3. The first-order valence-corrected chi connectivity index (χ1v) is 6.92.